The van der Waals surface area contributed by atoms with Gasteiger partial charge >= 0.3 is 0 Å². The number of aromatic nitrogens is 1. The van der Waals surface area contributed by atoms with Gasteiger partial charge in [0.2, 0.25) is 0 Å². The van der Waals surface area contributed by atoms with Crippen LogP contribution in [0.5, 0.6) is 0 Å². The van der Waals surface area contributed by atoms with E-state index in [2.05, 4.69) is 40.6 Å². The lowest BCUT2D eigenvalue weighted by molar-refractivity contribution is -0.384. The molecule has 0 bridgehead atoms. The summed E-state index contributed by atoms with van der Waals surface area (Å²) in [6.07, 6.45) is 1.14. The van der Waals surface area contributed by atoms with Crippen molar-refractivity contribution in [1.82, 2.24) is 4.98 Å². The average molecular weight is 344 g/mol. The number of rotatable bonds is 5. The summed E-state index contributed by atoms with van der Waals surface area (Å²) >= 11 is 0. The molecule has 1 heterocycles. The Bertz CT molecular complexity index is 1030. The molecule has 1 fully saturated rings. The van der Waals surface area contributed by atoms with Crippen molar-refractivity contribution in [3.05, 3.63) is 75.8 Å². The highest BCUT2D eigenvalue weighted by atomic mass is 16.6. The number of hydrogen-bond acceptors (Lipinski definition) is 5. The molecule has 0 saturated heterocycles. The molecule has 0 spiro atoms. The van der Waals surface area contributed by atoms with Crippen LogP contribution in [0.2, 0.25) is 0 Å². The van der Waals surface area contributed by atoms with Gasteiger partial charge in [0, 0.05) is 24.1 Å². The number of non-ortho nitro benzene ring substituents is 1. The predicted molar refractivity (Wildman–Crippen MR) is 98.9 cm³/mol. The van der Waals surface area contributed by atoms with Crippen molar-refractivity contribution >= 4 is 22.4 Å². The van der Waals surface area contributed by atoms with Crippen molar-refractivity contribution in [2.45, 2.75) is 12.3 Å². The number of nitro groups is 1. The van der Waals surface area contributed by atoms with Crippen molar-refractivity contribution in [1.29, 1.82) is 5.26 Å². The Kier molecular flexibility index (Phi) is 3.98. The summed E-state index contributed by atoms with van der Waals surface area (Å²) in [4.78, 5) is 15.0. The Labute approximate surface area is 150 Å². The zero-order valence-corrected chi connectivity index (χ0v) is 13.9. The van der Waals surface area contributed by atoms with Crippen LogP contribution in [-0.2, 0) is 0 Å². The van der Waals surface area contributed by atoms with Crippen LogP contribution in [0.15, 0.2) is 54.6 Å². The number of nitro benzene ring substituents is 1. The van der Waals surface area contributed by atoms with Crippen molar-refractivity contribution in [3.63, 3.8) is 0 Å². The first-order valence-electron chi connectivity index (χ1n) is 8.44. The fourth-order valence-corrected chi connectivity index (χ4v) is 3.33. The fraction of sp³-hybridized carbons (Fsp3) is 0.200. The van der Waals surface area contributed by atoms with Gasteiger partial charge in [-0.25, -0.2) is 4.98 Å². The van der Waals surface area contributed by atoms with Gasteiger partial charge in [-0.3, -0.25) is 10.1 Å². The number of benzene rings is 2. The monoisotopic (exact) mass is 344 g/mol. The average Bonchev–Trinajstić information content (AvgIpc) is 3.45. The van der Waals surface area contributed by atoms with Crippen LogP contribution in [0.3, 0.4) is 0 Å². The van der Waals surface area contributed by atoms with Gasteiger partial charge in [0.05, 0.1) is 22.1 Å². The Morgan fingerprint density at radius 1 is 1.23 bits per heavy atom. The number of anilines is 1. The quantitative estimate of drug-likeness (QED) is 0.552. The number of pyridine rings is 1. The molecule has 26 heavy (non-hydrogen) atoms. The topological polar surface area (TPSA) is 91.8 Å². The highest BCUT2D eigenvalue weighted by molar-refractivity contribution is 5.88. The molecule has 6 nitrogen and oxygen atoms in total. The molecule has 0 amide bonds. The summed E-state index contributed by atoms with van der Waals surface area (Å²) in [5, 5.41) is 24.1. The molecule has 2 aromatic carbocycles. The zero-order valence-electron chi connectivity index (χ0n) is 13.9. The molecule has 1 saturated carbocycles. The van der Waals surface area contributed by atoms with Gasteiger partial charge in [-0.05, 0) is 36.0 Å². The van der Waals surface area contributed by atoms with Crippen LogP contribution in [0.4, 0.5) is 11.5 Å². The van der Waals surface area contributed by atoms with E-state index in [1.807, 2.05) is 6.07 Å². The Hall–Kier alpha value is -3.46. The standard InChI is InChI=1S/C20H16N4O2/c21-11-14-9-20(23-19-7-6-16(24(25)26)10-18(14)19)22-12-15-8-17(15)13-4-2-1-3-5-13/h1-7,9-10,15,17H,8,12H2,(H,22,23). The molecule has 2 atom stereocenters. The molecule has 1 aliphatic rings. The lowest BCUT2D eigenvalue weighted by atomic mass is 10.1. The van der Waals surface area contributed by atoms with Crippen LogP contribution in [0, 0.1) is 27.4 Å². The summed E-state index contributed by atoms with van der Waals surface area (Å²) in [6, 6.07) is 18.6. The third-order valence-electron chi connectivity index (χ3n) is 4.82. The van der Waals surface area contributed by atoms with Crippen molar-refractivity contribution in [2.24, 2.45) is 5.92 Å². The summed E-state index contributed by atoms with van der Waals surface area (Å²) in [6.45, 7) is 0.788. The van der Waals surface area contributed by atoms with E-state index in [-0.39, 0.29) is 5.69 Å². The highest BCUT2D eigenvalue weighted by Crippen LogP contribution is 2.47. The molecule has 1 N–H and O–H groups in total. The van der Waals surface area contributed by atoms with Crippen molar-refractivity contribution < 1.29 is 4.92 Å². The number of nitrogens with zero attached hydrogens (tertiary/aromatic N) is 3. The molecular weight excluding hydrogens is 328 g/mol. The normalized spacial score (nSPS) is 18.3. The van der Waals surface area contributed by atoms with Crippen LogP contribution in [0.1, 0.15) is 23.5 Å². The van der Waals surface area contributed by atoms with Gasteiger partial charge in [-0.1, -0.05) is 30.3 Å². The van der Waals surface area contributed by atoms with Gasteiger partial charge in [0.1, 0.15) is 5.82 Å². The van der Waals surface area contributed by atoms with E-state index in [1.165, 1.54) is 17.7 Å². The number of nitrogens with one attached hydrogen (secondary N) is 1. The maximum atomic E-state index is 10.9. The van der Waals surface area contributed by atoms with E-state index in [1.54, 1.807) is 12.1 Å². The molecule has 0 aliphatic heterocycles. The SMILES string of the molecule is N#Cc1cc(NCC2CC2c2ccccc2)nc2ccc([N+](=O)[O-])cc12. The van der Waals surface area contributed by atoms with E-state index in [9.17, 15) is 15.4 Å². The first-order chi connectivity index (χ1) is 12.7. The van der Waals surface area contributed by atoms with E-state index in [0.29, 0.717) is 34.1 Å². The summed E-state index contributed by atoms with van der Waals surface area (Å²) < 4.78 is 0. The molecule has 6 heteroatoms. The molecule has 4 rings (SSSR count). The minimum atomic E-state index is -0.469. The van der Waals surface area contributed by atoms with E-state index < -0.39 is 4.92 Å². The van der Waals surface area contributed by atoms with E-state index in [4.69, 9.17) is 0 Å². The maximum Gasteiger partial charge on any atom is 0.270 e. The predicted octanol–water partition coefficient (Wildman–Crippen LogP) is 4.23. The van der Waals surface area contributed by atoms with Gasteiger partial charge in [0.25, 0.3) is 5.69 Å². The molecule has 2 unspecified atom stereocenters. The summed E-state index contributed by atoms with van der Waals surface area (Å²) in [5.41, 5.74) is 2.28. The number of nitriles is 1. The first-order valence-corrected chi connectivity index (χ1v) is 8.44. The minimum Gasteiger partial charge on any atom is -0.370 e. The summed E-state index contributed by atoms with van der Waals surface area (Å²) in [5.74, 6) is 1.75. The van der Waals surface area contributed by atoms with Crippen molar-refractivity contribution in [3.8, 4) is 6.07 Å². The lowest BCUT2D eigenvalue weighted by Crippen LogP contribution is -2.07. The van der Waals surface area contributed by atoms with Gasteiger partial charge in [-0.2, -0.15) is 5.26 Å². The van der Waals surface area contributed by atoms with Crippen LogP contribution >= 0.6 is 0 Å². The smallest absolute Gasteiger partial charge is 0.270 e. The second-order valence-electron chi connectivity index (χ2n) is 6.52. The van der Waals surface area contributed by atoms with Crippen LogP contribution in [-0.4, -0.2) is 16.5 Å². The molecule has 1 aromatic heterocycles. The Morgan fingerprint density at radius 2 is 2.04 bits per heavy atom. The Balaban J connectivity index is 1.52. The second-order valence-corrected chi connectivity index (χ2v) is 6.52. The molecule has 0 radical (unpaired) electrons. The van der Waals surface area contributed by atoms with Crippen LogP contribution < -0.4 is 5.32 Å². The second kappa shape index (κ2) is 6.45. The summed E-state index contributed by atoms with van der Waals surface area (Å²) in [7, 11) is 0. The molecule has 1 aliphatic carbocycles. The minimum absolute atomic E-state index is 0.0415. The molecule has 3 aromatic rings. The molecule has 128 valence electrons. The zero-order chi connectivity index (χ0) is 18.1. The van der Waals surface area contributed by atoms with E-state index >= 15 is 0 Å². The molecular formula is C20H16N4O2. The van der Waals surface area contributed by atoms with Gasteiger partial charge in [-0.15, -0.1) is 0 Å². The third kappa shape index (κ3) is 3.07. The van der Waals surface area contributed by atoms with Gasteiger partial charge in [0.15, 0.2) is 0 Å². The Morgan fingerprint density at radius 3 is 2.77 bits per heavy atom. The van der Waals surface area contributed by atoms with Crippen molar-refractivity contribution in [2.75, 3.05) is 11.9 Å². The van der Waals surface area contributed by atoms with Gasteiger partial charge < -0.3 is 5.32 Å². The third-order valence-corrected chi connectivity index (χ3v) is 4.82. The highest BCUT2D eigenvalue weighted by Gasteiger charge is 2.37. The van der Waals surface area contributed by atoms with Crippen LogP contribution in [0.25, 0.3) is 10.9 Å². The number of hydrogen-bond donors (Lipinski definition) is 1. The number of fused-ring (bicyclic) bond motifs is 1. The first kappa shape index (κ1) is 16.0. The lowest BCUT2D eigenvalue weighted by Gasteiger charge is -2.08. The van der Waals surface area contributed by atoms with E-state index in [0.717, 1.165) is 13.0 Å². The fourth-order valence-electron chi connectivity index (χ4n) is 3.33. The maximum absolute atomic E-state index is 10.9. The largest absolute Gasteiger partial charge is 0.370 e.